The molecule has 2 rings (SSSR count). The lowest BCUT2D eigenvalue weighted by Gasteiger charge is -2.22. The summed E-state index contributed by atoms with van der Waals surface area (Å²) in [5.41, 5.74) is 1.93. The van der Waals surface area contributed by atoms with Gasteiger partial charge in [0, 0.05) is 26.8 Å². The maximum atomic E-state index is 12.6. The Morgan fingerprint density at radius 2 is 1.96 bits per heavy atom. The molecule has 0 N–H and O–H groups in total. The Balaban J connectivity index is 2.11. The minimum Gasteiger partial charge on any atom is -0.497 e. The highest BCUT2D eigenvalue weighted by Gasteiger charge is 2.34. The summed E-state index contributed by atoms with van der Waals surface area (Å²) in [6.07, 6.45) is 2.57. The number of hydrogen-bond donors (Lipinski definition) is 0. The highest BCUT2D eigenvalue weighted by Crippen LogP contribution is 2.23. The van der Waals surface area contributed by atoms with Crippen LogP contribution in [0.2, 0.25) is 0 Å². The summed E-state index contributed by atoms with van der Waals surface area (Å²) in [5.74, 6) is 0.801. The zero-order valence-corrected chi connectivity index (χ0v) is 14.2. The Kier molecular flexibility index (Phi) is 6.19. The van der Waals surface area contributed by atoms with E-state index in [4.69, 9.17) is 14.2 Å². The van der Waals surface area contributed by atoms with Crippen molar-refractivity contribution in [1.29, 1.82) is 0 Å². The molecule has 0 spiro atoms. The van der Waals surface area contributed by atoms with Crippen molar-refractivity contribution in [3.63, 3.8) is 0 Å². The van der Waals surface area contributed by atoms with Crippen LogP contribution < -0.4 is 4.74 Å². The van der Waals surface area contributed by atoms with Crippen LogP contribution in [-0.4, -0.2) is 57.4 Å². The first kappa shape index (κ1) is 17.5. The summed E-state index contributed by atoms with van der Waals surface area (Å²) in [6.45, 7) is 3.08. The van der Waals surface area contributed by atoms with Crippen molar-refractivity contribution >= 4 is 11.5 Å². The van der Waals surface area contributed by atoms with E-state index >= 15 is 0 Å². The van der Waals surface area contributed by atoms with Gasteiger partial charge in [0.1, 0.15) is 5.75 Å². The first-order valence-corrected chi connectivity index (χ1v) is 7.74. The van der Waals surface area contributed by atoms with Gasteiger partial charge in [-0.25, -0.2) is 0 Å². The van der Waals surface area contributed by atoms with E-state index < -0.39 is 0 Å². The van der Waals surface area contributed by atoms with Crippen LogP contribution in [0.3, 0.4) is 0 Å². The molecule has 0 unspecified atom stereocenters. The fourth-order valence-electron chi connectivity index (χ4n) is 2.87. The summed E-state index contributed by atoms with van der Waals surface area (Å²) >= 11 is 0. The molecule has 0 aliphatic carbocycles. The van der Waals surface area contributed by atoms with Crippen LogP contribution in [0.4, 0.5) is 0 Å². The highest BCUT2D eigenvalue weighted by molar-refractivity contribution is 5.95. The number of ether oxygens (including phenoxy) is 3. The molecule has 1 aromatic carbocycles. The molecule has 1 aliphatic heterocycles. The lowest BCUT2D eigenvalue weighted by molar-refractivity contribution is -0.127. The van der Waals surface area contributed by atoms with E-state index in [1.165, 1.54) is 0 Å². The molecule has 1 saturated heterocycles. The standard InChI is InChI=1S/C18H25NO4/c1-13(14-5-7-16(22-3)8-6-14)9-18(20)19-11-17(23-4)10-15(19)12-21-2/h5-9,15,17H,10-12H2,1-4H3/b13-9+/t15-,17-/m0/s1. The summed E-state index contributed by atoms with van der Waals surface area (Å²) in [6, 6.07) is 7.75. The molecule has 126 valence electrons. The SMILES string of the molecule is COC[C@@H]1C[C@H](OC)CN1C(=O)/C=C(\C)c1ccc(OC)cc1. The fourth-order valence-corrected chi connectivity index (χ4v) is 2.87. The lowest BCUT2D eigenvalue weighted by atomic mass is 10.1. The topological polar surface area (TPSA) is 48.0 Å². The Labute approximate surface area is 137 Å². The third-order valence-corrected chi connectivity index (χ3v) is 4.24. The van der Waals surface area contributed by atoms with Gasteiger partial charge >= 0.3 is 0 Å². The average molecular weight is 319 g/mol. The lowest BCUT2D eigenvalue weighted by Crippen LogP contribution is -2.37. The number of rotatable bonds is 6. The second kappa shape index (κ2) is 8.13. The number of benzene rings is 1. The van der Waals surface area contributed by atoms with Gasteiger partial charge in [-0.05, 0) is 36.6 Å². The molecule has 0 radical (unpaired) electrons. The third kappa shape index (κ3) is 4.33. The first-order chi connectivity index (χ1) is 11.1. The minimum atomic E-state index is -0.0000759. The van der Waals surface area contributed by atoms with Crippen molar-refractivity contribution in [2.75, 3.05) is 34.5 Å². The van der Waals surface area contributed by atoms with Gasteiger partial charge < -0.3 is 19.1 Å². The van der Waals surface area contributed by atoms with Gasteiger partial charge in [0.25, 0.3) is 0 Å². The molecule has 5 nitrogen and oxygen atoms in total. The van der Waals surface area contributed by atoms with Crippen molar-refractivity contribution in [2.24, 2.45) is 0 Å². The maximum absolute atomic E-state index is 12.6. The van der Waals surface area contributed by atoms with Crippen LogP contribution in [0.5, 0.6) is 5.75 Å². The van der Waals surface area contributed by atoms with Gasteiger partial charge in [-0.15, -0.1) is 0 Å². The molecule has 1 heterocycles. The number of carbonyl (C=O) groups excluding carboxylic acids is 1. The molecule has 1 fully saturated rings. The second-order valence-corrected chi connectivity index (χ2v) is 5.75. The van der Waals surface area contributed by atoms with E-state index in [2.05, 4.69) is 0 Å². The van der Waals surface area contributed by atoms with E-state index in [1.54, 1.807) is 27.4 Å². The van der Waals surface area contributed by atoms with Crippen molar-refractivity contribution in [3.8, 4) is 5.75 Å². The van der Waals surface area contributed by atoms with Crippen molar-refractivity contribution in [2.45, 2.75) is 25.5 Å². The third-order valence-electron chi connectivity index (χ3n) is 4.24. The monoisotopic (exact) mass is 319 g/mol. The Morgan fingerprint density at radius 1 is 1.26 bits per heavy atom. The number of likely N-dealkylation sites (tertiary alicyclic amines) is 1. The van der Waals surface area contributed by atoms with Crippen molar-refractivity contribution in [1.82, 2.24) is 4.90 Å². The zero-order valence-electron chi connectivity index (χ0n) is 14.2. The molecule has 0 aromatic heterocycles. The average Bonchev–Trinajstić information content (AvgIpc) is 2.98. The molecular weight excluding hydrogens is 294 g/mol. The van der Waals surface area contributed by atoms with Gasteiger partial charge in [0.2, 0.25) is 5.91 Å². The predicted molar refractivity (Wildman–Crippen MR) is 89.4 cm³/mol. The molecule has 0 bridgehead atoms. The number of nitrogens with zero attached hydrogens (tertiary/aromatic N) is 1. The van der Waals surface area contributed by atoms with Crippen molar-refractivity contribution < 1.29 is 19.0 Å². The van der Waals surface area contributed by atoms with Crippen molar-refractivity contribution in [3.05, 3.63) is 35.9 Å². The molecule has 0 saturated carbocycles. The molecule has 23 heavy (non-hydrogen) atoms. The Bertz CT molecular complexity index is 553. The minimum absolute atomic E-state index is 0.0000759. The molecule has 1 aromatic rings. The number of hydrogen-bond acceptors (Lipinski definition) is 4. The second-order valence-electron chi connectivity index (χ2n) is 5.75. The van der Waals surface area contributed by atoms with Crippen LogP contribution in [0.1, 0.15) is 18.9 Å². The van der Waals surface area contributed by atoms with E-state index in [-0.39, 0.29) is 18.1 Å². The van der Waals surface area contributed by atoms with Gasteiger partial charge in [0.15, 0.2) is 0 Å². The Morgan fingerprint density at radius 3 is 2.52 bits per heavy atom. The van der Waals surface area contributed by atoms with Crippen LogP contribution in [0, 0.1) is 0 Å². The maximum Gasteiger partial charge on any atom is 0.247 e. The predicted octanol–water partition coefficient (Wildman–Crippen LogP) is 2.36. The number of allylic oxidation sites excluding steroid dienone is 1. The van der Waals surface area contributed by atoms with Gasteiger partial charge in [-0.2, -0.15) is 0 Å². The zero-order chi connectivity index (χ0) is 16.8. The summed E-state index contributed by atoms with van der Waals surface area (Å²) < 4.78 is 15.8. The number of methoxy groups -OCH3 is 3. The summed E-state index contributed by atoms with van der Waals surface area (Å²) in [5, 5.41) is 0. The van der Waals surface area contributed by atoms with Crippen LogP contribution in [-0.2, 0) is 14.3 Å². The largest absolute Gasteiger partial charge is 0.497 e. The van der Waals surface area contributed by atoms with E-state index in [0.29, 0.717) is 13.2 Å². The fraction of sp³-hybridized carbons (Fsp3) is 0.500. The summed E-state index contributed by atoms with van der Waals surface area (Å²) in [4.78, 5) is 14.5. The molecule has 2 atom stereocenters. The van der Waals surface area contributed by atoms with Gasteiger partial charge in [-0.1, -0.05) is 12.1 Å². The van der Waals surface area contributed by atoms with E-state index in [0.717, 1.165) is 23.3 Å². The van der Waals surface area contributed by atoms with E-state index in [1.807, 2.05) is 36.1 Å². The first-order valence-electron chi connectivity index (χ1n) is 7.74. The molecule has 1 amide bonds. The van der Waals surface area contributed by atoms with Crippen LogP contribution in [0.25, 0.3) is 5.57 Å². The normalized spacial score (nSPS) is 21.6. The smallest absolute Gasteiger partial charge is 0.247 e. The van der Waals surface area contributed by atoms with Gasteiger partial charge in [0.05, 0.1) is 25.9 Å². The quantitative estimate of drug-likeness (QED) is 0.755. The number of carbonyl (C=O) groups is 1. The van der Waals surface area contributed by atoms with Crippen LogP contribution in [0.15, 0.2) is 30.3 Å². The molecule has 1 aliphatic rings. The Hall–Kier alpha value is -1.85. The van der Waals surface area contributed by atoms with Gasteiger partial charge in [-0.3, -0.25) is 4.79 Å². The summed E-state index contributed by atoms with van der Waals surface area (Å²) in [7, 11) is 4.97. The highest BCUT2D eigenvalue weighted by atomic mass is 16.5. The molecule has 5 heteroatoms. The van der Waals surface area contributed by atoms with Crippen LogP contribution >= 0.6 is 0 Å². The van der Waals surface area contributed by atoms with E-state index in [9.17, 15) is 4.79 Å². The molecular formula is C18H25NO4. The number of amides is 1.